The Balaban J connectivity index is 3.21. The van der Waals surface area contributed by atoms with E-state index in [1.165, 1.54) is 13.2 Å². The van der Waals surface area contributed by atoms with Crippen LogP contribution in [0.2, 0.25) is 0 Å². The molecule has 4 nitrogen and oxygen atoms in total. The van der Waals surface area contributed by atoms with Gasteiger partial charge in [0.1, 0.15) is 0 Å². The normalized spacial score (nSPS) is 10.0. The average Bonchev–Trinajstić information content (AvgIpc) is 2.12. The molecule has 0 amide bonds. The monoisotopic (exact) mass is 183 g/mol. The van der Waals surface area contributed by atoms with Gasteiger partial charge in [0.15, 0.2) is 0 Å². The van der Waals surface area contributed by atoms with Gasteiger partial charge in [0, 0.05) is 18.8 Å². The lowest BCUT2D eigenvalue weighted by molar-refractivity contribution is 0.331. The zero-order valence-corrected chi connectivity index (χ0v) is 7.78. The van der Waals surface area contributed by atoms with Crippen molar-refractivity contribution in [3.05, 3.63) is 22.5 Å². The molecule has 0 radical (unpaired) electrons. The van der Waals surface area contributed by atoms with Crippen LogP contribution in [0, 0.1) is 0 Å². The van der Waals surface area contributed by atoms with E-state index in [0.717, 1.165) is 13.0 Å². The number of methoxy groups -OCH3 is 1. The van der Waals surface area contributed by atoms with E-state index >= 15 is 0 Å². The van der Waals surface area contributed by atoms with E-state index in [-0.39, 0.29) is 11.6 Å². The molecule has 0 unspecified atom stereocenters. The summed E-state index contributed by atoms with van der Waals surface area (Å²) < 4.78 is 6.63. The fraction of sp³-hybridized carbons (Fsp3) is 0.444. The zero-order chi connectivity index (χ0) is 9.84. The van der Waals surface area contributed by atoms with E-state index in [1.807, 2.05) is 6.92 Å². The molecule has 1 heterocycles. The summed E-state index contributed by atoms with van der Waals surface area (Å²) in [6, 6.07) is 1.33. The Kier molecular flexibility index (Phi) is 2.95. The Hall–Kier alpha value is -1.45. The maximum atomic E-state index is 11.0. The van der Waals surface area contributed by atoms with Crippen molar-refractivity contribution in [2.75, 3.05) is 7.11 Å². The number of pyridine rings is 1. The first-order valence-corrected chi connectivity index (χ1v) is 4.17. The summed E-state index contributed by atoms with van der Waals surface area (Å²) >= 11 is 0. The average molecular weight is 183 g/mol. The number of ether oxygens (including phenoxy) is 1. The lowest BCUT2D eigenvalue weighted by atomic mass is 10.4. The summed E-state index contributed by atoms with van der Waals surface area (Å²) in [7, 11) is 1.43. The molecule has 0 saturated carbocycles. The van der Waals surface area contributed by atoms with Crippen LogP contribution in [-0.2, 0) is 6.54 Å². The quantitative estimate of drug-likeness (QED) is 0.759. The number of aromatic hydroxyl groups is 1. The van der Waals surface area contributed by atoms with Gasteiger partial charge < -0.3 is 14.4 Å². The minimum atomic E-state index is -0.413. The first-order chi connectivity index (χ1) is 6.20. The third kappa shape index (κ3) is 1.83. The van der Waals surface area contributed by atoms with Gasteiger partial charge in [0.05, 0.1) is 7.11 Å². The molecule has 1 aromatic heterocycles. The molecule has 72 valence electrons. The second kappa shape index (κ2) is 3.98. The van der Waals surface area contributed by atoms with Crippen LogP contribution in [0.3, 0.4) is 0 Å². The van der Waals surface area contributed by atoms with Crippen molar-refractivity contribution >= 4 is 0 Å². The fourth-order valence-electron chi connectivity index (χ4n) is 1.18. The molecule has 0 aliphatic carbocycles. The highest BCUT2D eigenvalue weighted by Gasteiger charge is 2.08. The Bertz CT molecular complexity index is 343. The number of nitrogens with zero attached hydrogens (tertiary/aromatic N) is 1. The Labute approximate surface area is 76.4 Å². The molecule has 0 bridgehead atoms. The van der Waals surface area contributed by atoms with Crippen LogP contribution in [-0.4, -0.2) is 16.8 Å². The summed E-state index contributed by atoms with van der Waals surface area (Å²) in [6.45, 7) is 2.73. The first kappa shape index (κ1) is 9.64. The Morgan fingerprint density at radius 1 is 1.62 bits per heavy atom. The van der Waals surface area contributed by atoms with E-state index < -0.39 is 5.43 Å². The van der Waals surface area contributed by atoms with Gasteiger partial charge in [-0.2, -0.15) is 0 Å². The molecular formula is C9H13NO3. The maximum absolute atomic E-state index is 11.0. The number of hydrogen-bond acceptors (Lipinski definition) is 3. The molecule has 0 saturated heterocycles. The van der Waals surface area contributed by atoms with Gasteiger partial charge in [0.25, 0.3) is 0 Å². The highest BCUT2D eigenvalue weighted by molar-refractivity contribution is 5.32. The van der Waals surface area contributed by atoms with Crippen LogP contribution in [0.4, 0.5) is 0 Å². The molecular weight excluding hydrogens is 170 g/mol. The summed E-state index contributed by atoms with van der Waals surface area (Å²) in [6.07, 6.45) is 2.53. The van der Waals surface area contributed by atoms with Gasteiger partial charge in [-0.05, 0) is 6.42 Å². The summed E-state index contributed by atoms with van der Waals surface area (Å²) in [5.41, 5.74) is -0.413. The highest BCUT2D eigenvalue weighted by atomic mass is 16.5. The second-order valence-corrected chi connectivity index (χ2v) is 2.73. The minimum absolute atomic E-state index is 0.231. The molecule has 4 heteroatoms. The minimum Gasteiger partial charge on any atom is -0.500 e. The van der Waals surface area contributed by atoms with Crippen molar-refractivity contribution in [1.82, 2.24) is 4.57 Å². The van der Waals surface area contributed by atoms with Crippen molar-refractivity contribution in [2.24, 2.45) is 0 Å². The van der Waals surface area contributed by atoms with E-state index in [0.29, 0.717) is 0 Å². The third-order valence-electron chi connectivity index (χ3n) is 1.76. The predicted octanol–water partition coefficient (Wildman–Crippen LogP) is 0.972. The molecule has 1 rings (SSSR count). The fourth-order valence-corrected chi connectivity index (χ4v) is 1.18. The van der Waals surface area contributed by atoms with Gasteiger partial charge in [-0.3, -0.25) is 4.79 Å². The lowest BCUT2D eigenvalue weighted by Crippen LogP contribution is -2.09. The smallest absolute Gasteiger partial charge is 0.240 e. The van der Waals surface area contributed by atoms with Gasteiger partial charge in [-0.1, -0.05) is 6.92 Å². The molecule has 1 N–H and O–H groups in total. The predicted molar refractivity (Wildman–Crippen MR) is 49.2 cm³/mol. The van der Waals surface area contributed by atoms with E-state index in [1.54, 1.807) is 10.8 Å². The summed E-state index contributed by atoms with van der Waals surface area (Å²) in [5.74, 6) is -0.0900. The van der Waals surface area contributed by atoms with Gasteiger partial charge in [-0.15, -0.1) is 0 Å². The molecule has 1 aromatic rings. The summed E-state index contributed by atoms with van der Waals surface area (Å²) in [4.78, 5) is 11.0. The Morgan fingerprint density at radius 2 is 2.31 bits per heavy atom. The van der Waals surface area contributed by atoms with Crippen LogP contribution < -0.4 is 10.2 Å². The number of hydrogen-bond donors (Lipinski definition) is 1. The molecule has 0 atom stereocenters. The highest BCUT2D eigenvalue weighted by Crippen LogP contribution is 2.20. The van der Waals surface area contributed by atoms with Crippen LogP contribution in [0.5, 0.6) is 11.6 Å². The van der Waals surface area contributed by atoms with Gasteiger partial charge in [0.2, 0.25) is 17.1 Å². The second-order valence-electron chi connectivity index (χ2n) is 2.73. The van der Waals surface area contributed by atoms with Crippen molar-refractivity contribution in [3.8, 4) is 11.6 Å². The van der Waals surface area contributed by atoms with Gasteiger partial charge in [-0.25, -0.2) is 0 Å². The number of aryl methyl sites for hydroxylation is 1. The standard InChI is InChI=1S/C9H13NO3/c1-3-5-10-6-4-7(11)8(12)9(10)13-2/h4,6,12H,3,5H2,1-2H3. The van der Waals surface area contributed by atoms with Crippen molar-refractivity contribution in [1.29, 1.82) is 0 Å². The maximum Gasteiger partial charge on any atom is 0.240 e. The number of aromatic nitrogens is 1. The molecule has 0 aliphatic rings. The SMILES string of the molecule is CCCn1ccc(=O)c(O)c1OC. The van der Waals surface area contributed by atoms with E-state index in [4.69, 9.17) is 4.74 Å². The van der Waals surface area contributed by atoms with Crippen molar-refractivity contribution < 1.29 is 9.84 Å². The zero-order valence-electron chi connectivity index (χ0n) is 7.78. The van der Waals surface area contributed by atoms with Crippen molar-refractivity contribution in [2.45, 2.75) is 19.9 Å². The van der Waals surface area contributed by atoms with Crippen molar-refractivity contribution in [3.63, 3.8) is 0 Å². The molecule has 13 heavy (non-hydrogen) atoms. The van der Waals surface area contributed by atoms with Gasteiger partial charge >= 0.3 is 0 Å². The first-order valence-electron chi connectivity index (χ1n) is 4.17. The molecule has 0 aromatic carbocycles. The molecule has 0 aliphatic heterocycles. The van der Waals surface area contributed by atoms with E-state index in [2.05, 4.69) is 0 Å². The van der Waals surface area contributed by atoms with Crippen LogP contribution in [0.1, 0.15) is 13.3 Å². The van der Waals surface area contributed by atoms with Crippen LogP contribution in [0.15, 0.2) is 17.1 Å². The summed E-state index contributed by atoms with van der Waals surface area (Å²) in [5, 5.41) is 9.35. The Morgan fingerprint density at radius 3 is 2.85 bits per heavy atom. The number of rotatable bonds is 3. The van der Waals surface area contributed by atoms with Crippen LogP contribution in [0.25, 0.3) is 0 Å². The topological polar surface area (TPSA) is 51.5 Å². The van der Waals surface area contributed by atoms with Crippen LogP contribution >= 0.6 is 0 Å². The third-order valence-corrected chi connectivity index (χ3v) is 1.76. The van der Waals surface area contributed by atoms with E-state index in [9.17, 15) is 9.90 Å². The molecule has 0 fully saturated rings. The largest absolute Gasteiger partial charge is 0.500 e. The lowest BCUT2D eigenvalue weighted by Gasteiger charge is -2.11. The molecule has 0 spiro atoms.